The fourth-order valence-corrected chi connectivity index (χ4v) is 4.49. The number of unbranched alkanes of at least 4 members (excludes halogenated alkanes) is 1. The Morgan fingerprint density at radius 1 is 0.906 bits per heavy atom. The van der Waals surface area contributed by atoms with Crippen LogP contribution in [0.1, 0.15) is 44.6 Å². The minimum Gasteiger partial charge on any atom is -0.492 e. The smallest absolute Gasteiger partial charge is 0.123 e. The zero-order chi connectivity index (χ0) is 22.7. The van der Waals surface area contributed by atoms with Gasteiger partial charge in [0.05, 0.1) is 11.5 Å². The summed E-state index contributed by atoms with van der Waals surface area (Å²) in [6, 6.07) is 19.2. The van der Waals surface area contributed by atoms with Crippen LogP contribution >= 0.6 is 0 Å². The highest BCUT2D eigenvalue weighted by molar-refractivity contribution is 5.32. The molecule has 32 heavy (non-hydrogen) atoms. The zero-order valence-corrected chi connectivity index (χ0v) is 19.3. The van der Waals surface area contributed by atoms with Gasteiger partial charge in [-0.2, -0.15) is 5.26 Å². The number of piperazine rings is 1. The molecule has 1 saturated heterocycles. The second kappa shape index (κ2) is 12.6. The highest BCUT2D eigenvalue weighted by atomic mass is 19.1. The van der Waals surface area contributed by atoms with Gasteiger partial charge in [-0.1, -0.05) is 50.1 Å². The number of benzene rings is 2. The van der Waals surface area contributed by atoms with Crippen molar-refractivity contribution < 1.29 is 9.13 Å². The van der Waals surface area contributed by atoms with Crippen LogP contribution < -0.4 is 4.74 Å². The Kier molecular flexibility index (Phi) is 9.52. The topological polar surface area (TPSA) is 39.5 Å². The van der Waals surface area contributed by atoms with E-state index in [4.69, 9.17) is 4.74 Å². The third kappa shape index (κ3) is 7.05. The van der Waals surface area contributed by atoms with E-state index in [1.54, 1.807) is 12.1 Å². The van der Waals surface area contributed by atoms with E-state index in [0.29, 0.717) is 12.4 Å². The molecule has 1 aliphatic rings. The molecule has 0 N–H and O–H groups in total. The van der Waals surface area contributed by atoms with Crippen molar-refractivity contribution in [2.45, 2.75) is 44.4 Å². The number of nitrogens with zero attached hydrogens (tertiary/aromatic N) is 3. The average molecular weight is 438 g/mol. The molecule has 5 heteroatoms. The Morgan fingerprint density at radius 2 is 1.53 bits per heavy atom. The van der Waals surface area contributed by atoms with Crippen molar-refractivity contribution in [3.8, 4) is 11.8 Å². The van der Waals surface area contributed by atoms with E-state index in [-0.39, 0.29) is 11.2 Å². The largest absolute Gasteiger partial charge is 0.492 e. The first-order valence-corrected chi connectivity index (χ1v) is 11.9. The first-order chi connectivity index (χ1) is 15.6. The SMILES string of the molecule is CCCCC(C#N)(CCCN1CCN(CCOc2ccc(F)cc2)CC1)c1ccccc1. The van der Waals surface area contributed by atoms with E-state index in [9.17, 15) is 9.65 Å². The lowest BCUT2D eigenvalue weighted by Gasteiger charge is -2.35. The van der Waals surface area contributed by atoms with E-state index in [1.807, 2.05) is 18.2 Å². The van der Waals surface area contributed by atoms with Crippen LogP contribution in [-0.2, 0) is 5.41 Å². The van der Waals surface area contributed by atoms with Gasteiger partial charge in [-0.25, -0.2) is 4.39 Å². The van der Waals surface area contributed by atoms with Crippen molar-refractivity contribution in [3.05, 3.63) is 66.0 Å². The molecule has 1 aliphatic heterocycles. The van der Waals surface area contributed by atoms with Gasteiger partial charge in [0.25, 0.3) is 0 Å². The quantitative estimate of drug-likeness (QED) is 0.454. The Hall–Kier alpha value is -2.42. The Morgan fingerprint density at radius 3 is 2.16 bits per heavy atom. The Bertz CT molecular complexity index is 828. The molecule has 1 fully saturated rings. The Balaban J connectivity index is 1.39. The van der Waals surface area contributed by atoms with Gasteiger partial charge in [-0.3, -0.25) is 4.90 Å². The summed E-state index contributed by atoms with van der Waals surface area (Å²) < 4.78 is 18.7. The molecule has 4 nitrogen and oxygen atoms in total. The van der Waals surface area contributed by atoms with Crippen LogP contribution in [-0.4, -0.2) is 55.7 Å². The van der Waals surface area contributed by atoms with E-state index in [2.05, 4.69) is 34.9 Å². The molecular weight excluding hydrogens is 401 g/mol. The molecule has 3 rings (SSSR count). The highest BCUT2D eigenvalue weighted by Crippen LogP contribution is 2.34. The van der Waals surface area contributed by atoms with Crippen molar-refractivity contribution in [1.29, 1.82) is 5.26 Å². The Labute approximate surface area is 192 Å². The first kappa shape index (κ1) is 24.2. The molecule has 0 bridgehead atoms. The predicted molar refractivity (Wildman–Crippen MR) is 127 cm³/mol. The molecule has 1 atom stereocenters. The number of hydrogen-bond acceptors (Lipinski definition) is 4. The summed E-state index contributed by atoms with van der Waals surface area (Å²) in [6.07, 6.45) is 5.09. The van der Waals surface area contributed by atoms with Gasteiger partial charge in [0.2, 0.25) is 0 Å². The standard InChI is InChI=1S/C27H36FN3O/c1-2-3-14-27(23-29,24-8-5-4-6-9-24)15-7-16-30-17-19-31(20-18-30)21-22-32-26-12-10-25(28)11-13-26/h4-6,8-13H,2-3,7,14-22H2,1H3. The minimum atomic E-state index is -0.364. The van der Waals surface area contributed by atoms with Gasteiger partial charge >= 0.3 is 0 Å². The number of hydrogen-bond donors (Lipinski definition) is 0. The highest BCUT2D eigenvalue weighted by Gasteiger charge is 2.31. The molecule has 2 aromatic carbocycles. The maximum atomic E-state index is 13.0. The molecule has 1 unspecified atom stereocenters. The molecule has 0 aromatic heterocycles. The second-order valence-corrected chi connectivity index (χ2v) is 8.75. The van der Waals surface area contributed by atoms with Gasteiger partial charge in [0.1, 0.15) is 18.2 Å². The lowest BCUT2D eigenvalue weighted by Crippen LogP contribution is -2.47. The lowest BCUT2D eigenvalue weighted by molar-refractivity contribution is 0.114. The van der Waals surface area contributed by atoms with Gasteiger partial charge in [0, 0.05) is 32.7 Å². The number of nitriles is 1. The lowest BCUT2D eigenvalue weighted by atomic mass is 9.74. The normalized spacial score (nSPS) is 16.9. The summed E-state index contributed by atoms with van der Waals surface area (Å²) in [5.74, 6) is 0.474. The maximum Gasteiger partial charge on any atom is 0.123 e. The van der Waals surface area contributed by atoms with E-state index in [0.717, 1.165) is 71.4 Å². The summed E-state index contributed by atoms with van der Waals surface area (Å²) in [5.41, 5.74) is 0.804. The van der Waals surface area contributed by atoms with Crippen LogP contribution in [0.5, 0.6) is 5.75 Å². The predicted octanol–water partition coefficient (Wildman–Crippen LogP) is 5.25. The molecule has 0 saturated carbocycles. The van der Waals surface area contributed by atoms with E-state index in [1.165, 1.54) is 17.7 Å². The number of halogens is 1. The van der Waals surface area contributed by atoms with Crippen LogP contribution in [0.2, 0.25) is 0 Å². The van der Waals surface area contributed by atoms with Crippen molar-refractivity contribution in [3.63, 3.8) is 0 Å². The molecular formula is C27H36FN3O. The van der Waals surface area contributed by atoms with Gasteiger partial charge in [0.15, 0.2) is 0 Å². The van der Waals surface area contributed by atoms with Gasteiger partial charge in [-0.05, 0) is 55.6 Å². The summed E-state index contributed by atoms with van der Waals surface area (Å²) >= 11 is 0. The average Bonchev–Trinajstić information content (AvgIpc) is 2.84. The molecule has 0 spiro atoms. The van der Waals surface area contributed by atoms with Crippen molar-refractivity contribution in [1.82, 2.24) is 9.80 Å². The van der Waals surface area contributed by atoms with Crippen molar-refractivity contribution in [2.24, 2.45) is 0 Å². The van der Waals surface area contributed by atoms with Gasteiger partial charge < -0.3 is 9.64 Å². The van der Waals surface area contributed by atoms with Crippen LogP contribution in [0.3, 0.4) is 0 Å². The molecule has 172 valence electrons. The molecule has 0 radical (unpaired) electrons. The molecule has 2 aromatic rings. The van der Waals surface area contributed by atoms with Crippen LogP contribution in [0.25, 0.3) is 0 Å². The third-order valence-electron chi connectivity index (χ3n) is 6.53. The summed E-state index contributed by atoms with van der Waals surface area (Å²) in [4.78, 5) is 4.94. The summed E-state index contributed by atoms with van der Waals surface area (Å²) in [7, 11) is 0. The molecule has 0 aliphatic carbocycles. The minimum absolute atomic E-state index is 0.241. The zero-order valence-electron chi connectivity index (χ0n) is 19.3. The summed E-state index contributed by atoms with van der Waals surface area (Å²) in [6.45, 7) is 8.90. The maximum absolute atomic E-state index is 13.0. The van der Waals surface area contributed by atoms with Crippen LogP contribution in [0, 0.1) is 17.1 Å². The van der Waals surface area contributed by atoms with Gasteiger partial charge in [-0.15, -0.1) is 0 Å². The third-order valence-corrected chi connectivity index (χ3v) is 6.53. The van der Waals surface area contributed by atoms with Crippen molar-refractivity contribution in [2.75, 3.05) is 45.9 Å². The molecule has 1 heterocycles. The molecule has 0 amide bonds. The van der Waals surface area contributed by atoms with Crippen LogP contribution in [0.15, 0.2) is 54.6 Å². The van der Waals surface area contributed by atoms with Crippen molar-refractivity contribution >= 4 is 0 Å². The fraction of sp³-hybridized carbons (Fsp3) is 0.519. The monoisotopic (exact) mass is 437 g/mol. The van der Waals surface area contributed by atoms with E-state index >= 15 is 0 Å². The first-order valence-electron chi connectivity index (χ1n) is 11.9. The van der Waals surface area contributed by atoms with E-state index < -0.39 is 0 Å². The summed E-state index contributed by atoms with van der Waals surface area (Å²) in [5, 5.41) is 10.1. The number of ether oxygens (including phenoxy) is 1. The second-order valence-electron chi connectivity index (χ2n) is 8.75. The fourth-order valence-electron chi connectivity index (χ4n) is 4.49. The number of rotatable bonds is 12. The van der Waals surface area contributed by atoms with Crippen LogP contribution in [0.4, 0.5) is 4.39 Å².